The van der Waals surface area contributed by atoms with E-state index in [9.17, 15) is 17.6 Å². The molecular weight excluding hydrogens is 505 g/mol. The van der Waals surface area contributed by atoms with Crippen molar-refractivity contribution in [3.05, 3.63) is 75.5 Å². The summed E-state index contributed by atoms with van der Waals surface area (Å²) in [6.07, 6.45) is 1.12. The molecule has 2 aromatic heterocycles. The summed E-state index contributed by atoms with van der Waals surface area (Å²) in [5.74, 6) is -0.832. The number of fused-ring (bicyclic) bond motifs is 1. The molecule has 1 N–H and O–H groups in total. The van der Waals surface area contributed by atoms with Gasteiger partial charge in [0.2, 0.25) is 10.0 Å². The Morgan fingerprint density at radius 3 is 2.50 bits per heavy atom. The number of anilines is 1. The third-order valence-corrected chi connectivity index (χ3v) is 7.61. The van der Waals surface area contributed by atoms with Crippen molar-refractivity contribution in [3.8, 4) is 5.95 Å². The van der Waals surface area contributed by atoms with Crippen LogP contribution in [0.5, 0.6) is 5.95 Å². The second kappa shape index (κ2) is 9.55. The average molecular weight is 532 g/mol. The van der Waals surface area contributed by atoms with E-state index in [0.29, 0.717) is 22.3 Å². The van der Waals surface area contributed by atoms with Crippen molar-refractivity contribution in [2.75, 3.05) is 17.6 Å². The number of nitrogens with one attached hydrogen (secondary N) is 1. The molecule has 11 heteroatoms. The minimum Gasteiger partial charge on any atom is -0.454 e. The summed E-state index contributed by atoms with van der Waals surface area (Å²) >= 11 is 1.44. The third kappa shape index (κ3) is 5.21. The van der Waals surface area contributed by atoms with Gasteiger partial charge in [-0.2, -0.15) is 0 Å². The number of sulfonamides is 1. The molecule has 4 aromatic rings. The standard InChI is InChI=1S/C25H26FN3O5S2/c1-15-28-18(14-35-15)13-29(36(5,31)32)19-10-11-20-21(12-19)33-24(22(20)23(30)27-4)34-25(2,3)16-6-8-17(26)9-7-16/h6-12,14H,13H2,1-5H3,(H,27,30). The highest BCUT2D eigenvalue weighted by Crippen LogP contribution is 2.38. The molecule has 36 heavy (non-hydrogen) atoms. The van der Waals surface area contributed by atoms with E-state index in [2.05, 4.69) is 10.3 Å². The summed E-state index contributed by atoms with van der Waals surface area (Å²) in [5.41, 5.74) is 1.15. The maximum absolute atomic E-state index is 13.4. The van der Waals surface area contributed by atoms with Crippen LogP contribution in [-0.4, -0.2) is 32.6 Å². The first-order chi connectivity index (χ1) is 16.9. The van der Waals surface area contributed by atoms with Gasteiger partial charge >= 0.3 is 0 Å². The van der Waals surface area contributed by atoms with Gasteiger partial charge in [-0.3, -0.25) is 9.10 Å². The smallest absolute Gasteiger partial charge is 0.299 e. The summed E-state index contributed by atoms with van der Waals surface area (Å²) in [5, 5.41) is 5.69. The lowest BCUT2D eigenvalue weighted by atomic mass is 9.98. The molecular formula is C25H26FN3O5S2. The Bertz CT molecular complexity index is 1530. The van der Waals surface area contributed by atoms with Crippen molar-refractivity contribution in [1.82, 2.24) is 10.3 Å². The van der Waals surface area contributed by atoms with E-state index in [-0.39, 0.29) is 29.5 Å². The third-order valence-electron chi connectivity index (χ3n) is 5.64. The Kier molecular flexibility index (Phi) is 6.80. The Morgan fingerprint density at radius 1 is 1.22 bits per heavy atom. The van der Waals surface area contributed by atoms with Crippen LogP contribution in [0.2, 0.25) is 0 Å². The molecule has 0 aliphatic heterocycles. The van der Waals surface area contributed by atoms with Crippen molar-refractivity contribution < 1.29 is 26.8 Å². The molecule has 0 radical (unpaired) electrons. The van der Waals surface area contributed by atoms with Gasteiger partial charge in [0.1, 0.15) is 22.6 Å². The SMILES string of the molecule is CNC(=O)c1c(OC(C)(C)c2ccc(F)cc2)oc2cc(N(Cc3csc(C)n3)S(C)(=O)=O)ccc12. The van der Waals surface area contributed by atoms with Crippen LogP contribution in [0.15, 0.2) is 52.3 Å². The largest absolute Gasteiger partial charge is 0.454 e. The number of carbonyl (C=O) groups excluding carboxylic acids is 1. The molecule has 0 aliphatic rings. The molecule has 2 aromatic carbocycles. The molecule has 0 atom stereocenters. The number of hydrogen-bond acceptors (Lipinski definition) is 7. The maximum Gasteiger partial charge on any atom is 0.299 e. The van der Waals surface area contributed by atoms with Crippen molar-refractivity contribution in [3.63, 3.8) is 0 Å². The normalized spacial score (nSPS) is 12.1. The molecule has 0 aliphatic carbocycles. The van der Waals surface area contributed by atoms with Crippen LogP contribution >= 0.6 is 11.3 Å². The zero-order valence-corrected chi connectivity index (χ0v) is 22.1. The first kappa shape index (κ1) is 25.6. The molecule has 8 nitrogen and oxygen atoms in total. The van der Waals surface area contributed by atoms with E-state index in [4.69, 9.17) is 9.15 Å². The van der Waals surface area contributed by atoms with Crippen molar-refractivity contribution in [2.45, 2.75) is 32.9 Å². The Balaban J connectivity index is 1.78. The summed E-state index contributed by atoms with van der Waals surface area (Å²) < 4.78 is 52.0. The van der Waals surface area contributed by atoms with Gasteiger partial charge in [-0.1, -0.05) is 12.1 Å². The fourth-order valence-corrected chi connectivity index (χ4v) is 5.27. The summed E-state index contributed by atoms with van der Waals surface area (Å²) in [7, 11) is -2.16. The van der Waals surface area contributed by atoms with Gasteiger partial charge in [0, 0.05) is 23.9 Å². The van der Waals surface area contributed by atoms with Gasteiger partial charge in [-0.05, 0) is 50.6 Å². The minimum atomic E-state index is -3.65. The fourth-order valence-electron chi connectivity index (χ4n) is 3.80. The van der Waals surface area contributed by atoms with Crippen LogP contribution in [0, 0.1) is 12.7 Å². The zero-order valence-electron chi connectivity index (χ0n) is 20.5. The highest BCUT2D eigenvalue weighted by Gasteiger charge is 2.30. The summed E-state index contributed by atoms with van der Waals surface area (Å²) in [4.78, 5) is 17.2. The van der Waals surface area contributed by atoms with Gasteiger partial charge in [-0.15, -0.1) is 11.3 Å². The van der Waals surface area contributed by atoms with Crippen molar-refractivity contribution >= 4 is 43.9 Å². The van der Waals surface area contributed by atoms with Crippen LogP contribution in [0.4, 0.5) is 10.1 Å². The van der Waals surface area contributed by atoms with Crippen LogP contribution in [0.3, 0.4) is 0 Å². The summed E-state index contributed by atoms with van der Waals surface area (Å²) in [6, 6.07) is 10.6. The Morgan fingerprint density at radius 2 is 1.92 bits per heavy atom. The predicted octanol–water partition coefficient (Wildman–Crippen LogP) is 4.98. The molecule has 0 bridgehead atoms. The molecule has 1 amide bonds. The van der Waals surface area contributed by atoms with Gasteiger partial charge in [0.05, 0.1) is 29.2 Å². The monoisotopic (exact) mass is 531 g/mol. The first-order valence-corrected chi connectivity index (χ1v) is 13.7. The molecule has 2 heterocycles. The maximum atomic E-state index is 13.4. The number of aromatic nitrogens is 1. The van der Waals surface area contributed by atoms with Crippen LogP contribution in [0.25, 0.3) is 11.0 Å². The highest BCUT2D eigenvalue weighted by atomic mass is 32.2. The van der Waals surface area contributed by atoms with Crippen molar-refractivity contribution in [2.24, 2.45) is 0 Å². The lowest BCUT2D eigenvalue weighted by molar-refractivity contribution is 0.0736. The van der Waals surface area contributed by atoms with Crippen LogP contribution in [-0.2, 0) is 22.2 Å². The lowest BCUT2D eigenvalue weighted by Gasteiger charge is -2.25. The number of halogens is 1. The van der Waals surface area contributed by atoms with E-state index in [0.717, 1.165) is 11.3 Å². The molecule has 0 saturated carbocycles. The molecule has 0 saturated heterocycles. The van der Waals surface area contributed by atoms with Gasteiger partial charge < -0.3 is 14.5 Å². The number of amides is 1. The number of carbonyl (C=O) groups is 1. The van der Waals surface area contributed by atoms with Crippen LogP contribution in [0.1, 0.15) is 40.5 Å². The molecule has 4 rings (SSSR count). The van der Waals surface area contributed by atoms with E-state index < -0.39 is 21.5 Å². The highest BCUT2D eigenvalue weighted by molar-refractivity contribution is 7.92. The molecule has 0 spiro atoms. The number of hydrogen-bond donors (Lipinski definition) is 1. The molecule has 0 unspecified atom stereocenters. The van der Waals surface area contributed by atoms with Crippen molar-refractivity contribution in [1.29, 1.82) is 0 Å². The second-order valence-corrected chi connectivity index (χ2v) is 11.7. The van der Waals surface area contributed by atoms with Gasteiger partial charge in [0.15, 0.2) is 0 Å². The number of nitrogens with zero attached hydrogens (tertiary/aromatic N) is 2. The minimum absolute atomic E-state index is 0.0307. The number of furan rings is 1. The second-order valence-electron chi connectivity index (χ2n) is 8.77. The zero-order chi connectivity index (χ0) is 26.3. The van der Waals surface area contributed by atoms with E-state index in [1.54, 1.807) is 44.2 Å². The lowest BCUT2D eigenvalue weighted by Crippen LogP contribution is -2.29. The summed E-state index contributed by atoms with van der Waals surface area (Å²) in [6.45, 7) is 5.45. The topological polar surface area (TPSA) is 102 Å². The Hall–Kier alpha value is -3.44. The Labute approximate surface area is 212 Å². The van der Waals surface area contributed by atoms with E-state index >= 15 is 0 Å². The number of ether oxygens (including phenoxy) is 1. The number of benzene rings is 2. The van der Waals surface area contributed by atoms with Crippen LogP contribution < -0.4 is 14.4 Å². The quantitative estimate of drug-likeness (QED) is 0.344. The first-order valence-electron chi connectivity index (χ1n) is 11.0. The molecule has 190 valence electrons. The van der Waals surface area contributed by atoms with E-state index in [1.165, 1.54) is 34.8 Å². The van der Waals surface area contributed by atoms with Gasteiger partial charge in [0.25, 0.3) is 11.9 Å². The van der Waals surface area contributed by atoms with Gasteiger partial charge in [-0.25, -0.2) is 17.8 Å². The number of rotatable bonds is 8. The average Bonchev–Trinajstić information content (AvgIpc) is 3.38. The predicted molar refractivity (Wildman–Crippen MR) is 138 cm³/mol. The molecule has 0 fully saturated rings. The number of aryl methyl sites for hydroxylation is 1. The van der Waals surface area contributed by atoms with E-state index in [1.807, 2.05) is 12.3 Å². The number of thiazole rings is 1. The fraction of sp³-hybridized carbons (Fsp3) is 0.280.